The number of hydrogen-bond acceptors (Lipinski definition) is 5. The van der Waals surface area contributed by atoms with Crippen LogP contribution in [0, 0.1) is 5.92 Å². The Morgan fingerprint density at radius 3 is 2.62 bits per heavy atom. The predicted molar refractivity (Wildman–Crippen MR) is 100 cm³/mol. The van der Waals surface area contributed by atoms with Crippen LogP contribution in [0.1, 0.15) is 32.1 Å². The SMILES string of the molecule is Cl.Cl.O=C(CC1CCNCC1)NC1CCCN(c2ncccn2)C1. The first-order valence-electron chi connectivity index (χ1n) is 8.33. The maximum atomic E-state index is 12.2. The Bertz CT molecular complexity index is 485. The summed E-state index contributed by atoms with van der Waals surface area (Å²) in [6.45, 7) is 3.85. The molecule has 3 rings (SSSR count). The van der Waals surface area contributed by atoms with Crippen LogP contribution < -0.4 is 15.5 Å². The van der Waals surface area contributed by atoms with Gasteiger partial charge in [0, 0.05) is 37.9 Å². The van der Waals surface area contributed by atoms with E-state index in [2.05, 4.69) is 25.5 Å². The van der Waals surface area contributed by atoms with Gasteiger partial charge in [0.15, 0.2) is 0 Å². The number of rotatable bonds is 4. The second-order valence-electron chi connectivity index (χ2n) is 6.30. The number of nitrogens with one attached hydrogen (secondary N) is 2. The van der Waals surface area contributed by atoms with Crippen molar-refractivity contribution in [3.05, 3.63) is 18.5 Å². The highest BCUT2D eigenvalue weighted by molar-refractivity contribution is 5.85. The number of carbonyl (C=O) groups excluding carboxylic acids is 1. The van der Waals surface area contributed by atoms with Gasteiger partial charge >= 0.3 is 0 Å². The number of aromatic nitrogens is 2. The maximum absolute atomic E-state index is 12.2. The van der Waals surface area contributed by atoms with E-state index in [4.69, 9.17) is 0 Å². The summed E-state index contributed by atoms with van der Waals surface area (Å²) in [6, 6.07) is 2.04. The Morgan fingerprint density at radius 2 is 1.92 bits per heavy atom. The first-order valence-corrected chi connectivity index (χ1v) is 8.33. The molecule has 1 unspecified atom stereocenters. The summed E-state index contributed by atoms with van der Waals surface area (Å²) < 4.78 is 0. The molecular weight excluding hydrogens is 349 g/mol. The number of anilines is 1. The molecule has 1 aromatic heterocycles. The molecule has 6 nitrogen and oxygen atoms in total. The molecule has 1 aromatic rings. The average Bonchev–Trinajstić information content (AvgIpc) is 2.57. The molecule has 2 fully saturated rings. The summed E-state index contributed by atoms with van der Waals surface area (Å²) in [7, 11) is 0. The molecule has 0 saturated carbocycles. The topological polar surface area (TPSA) is 70.2 Å². The zero-order valence-corrected chi connectivity index (χ0v) is 15.5. The van der Waals surface area contributed by atoms with Gasteiger partial charge in [0.05, 0.1) is 0 Å². The molecule has 24 heavy (non-hydrogen) atoms. The van der Waals surface area contributed by atoms with Crippen molar-refractivity contribution in [3.63, 3.8) is 0 Å². The van der Waals surface area contributed by atoms with Crippen molar-refractivity contribution in [2.45, 2.75) is 38.1 Å². The fraction of sp³-hybridized carbons (Fsp3) is 0.688. The van der Waals surface area contributed by atoms with Crippen molar-refractivity contribution < 1.29 is 4.79 Å². The van der Waals surface area contributed by atoms with Crippen LogP contribution in [0.25, 0.3) is 0 Å². The van der Waals surface area contributed by atoms with Gasteiger partial charge in [-0.05, 0) is 50.8 Å². The van der Waals surface area contributed by atoms with Crippen molar-refractivity contribution in [1.82, 2.24) is 20.6 Å². The van der Waals surface area contributed by atoms with E-state index in [9.17, 15) is 4.79 Å². The molecule has 3 heterocycles. The van der Waals surface area contributed by atoms with E-state index in [0.717, 1.165) is 57.8 Å². The monoisotopic (exact) mass is 375 g/mol. The van der Waals surface area contributed by atoms with Gasteiger partial charge in [-0.25, -0.2) is 9.97 Å². The lowest BCUT2D eigenvalue weighted by molar-refractivity contribution is -0.122. The summed E-state index contributed by atoms with van der Waals surface area (Å²) in [5.41, 5.74) is 0. The lowest BCUT2D eigenvalue weighted by atomic mass is 9.94. The van der Waals surface area contributed by atoms with Gasteiger partial charge in [-0.2, -0.15) is 0 Å². The lowest BCUT2D eigenvalue weighted by Crippen LogP contribution is -2.48. The standard InChI is InChI=1S/C16H25N5O.2ClH/c22-15(11-13-4-8-17-9-5-13)20-14-3-1-10-21(12-14)16-18-6-2-7-19-16;;/h2,6-7,13-14,17H,1,3-5,8-12H2,(H,20,22);2*1H. The summed E-state index contributed by atoms with van der Waals surface area (Å²) in [6.07, 6.45) is 8.53. The van der Waals surface area contributed by atoms with E-state index in [0.29, 0.717) is 12.3 Å². The molecule has 0 aliphatic carbocycles. The fourth-order valence-electron chi connectivity index (χ4n) is 3.37. The van der Waals surface area contributed by atoms with Crippen molar-refractivity contribution in [3.8, 4) is 0 Å². The zero-order chi connectivity index (χ0) is 15.2. The molecule has 2 aliphatic rings. The van der Waals surface area contributed by atoms with Crippen LogP contribution >= 0.6 is 24.8 Å². The van der Waals surface area contributed by atoms with Crippen LogP contribution in [0.4, 0.5) is 5.95 Å². The molecule has 0 spiro atoms. The highest BCUT2D eigenvalue weighted by Gasteiger charge is 2.24. The van der Waals surface area contributed by atoms with Crippen LogP contribution in [-0.4, -0.2) is 48.1 Å². The molecule has 136 valence electrons. The summed E-state index contributed by atoms with van der Waals surface area (Å²) in [5, 5.41) is 6.55. The molecule has 2 saturated heterocycles. The van der Waals surface area contributed by atoms with Crippen molar-refractivity contribution in [2.24, 2.45) is 5.92 Å². The number of hydrogen-bond donors (Lipinski definition) is 2. The van der Waals surface area contributed by atoms with Gasteiger partial charge in [0.2, 0.25) is 11.9 Å². The number of amides is 1. The highest BCUT2D eigenvalue weighted by Crippen LogP contribution is 2.18. The minimum atomic E-state index is 0. The Kier molecular flexibility index (Phi) is 9.33. The van der Waals surface area contributed by atoms with Gasteiger partial charge in [-0.15, -0.1) is 24.8 Å². The van der Waals surface area contributed by atoms with Gasteiger partial charge in [-0.1, -0.05) is 0 Å². The first-order chi connectivity index (χ1) is 10.8. The normalized spacial score (nSPS) is 21.3. The highest BCUT2D eigenvalue weighted by atomic mass is 35.5. The van der Waals surface area contributed by atoms with Crippen molar-refractivity contribution >= 4 is 36.7 Å². The third kappa shape index (κ3) is 6.07. The van der Waals surface area contributed by atoms with Gasteiger partial charge < -0.3 is 15.5 Å². The van der Waals surface area contributed by atoms with Gasteiger partial charge in [-0.3, -0.25) is 4.79 Å². The van der Waals surface area contributed by atoms with E-state index in [1.54, 1.807) is 12.4 Å². The van der Waals surface area contributed by atoms with Gasteiger partial charge in [0.1, 0.15) is 0 Å². The number of nitrogens with zero attached hydrogens (tertiary/aromatic N) is 3. The van der Waals surface area contributed by atoms with Crippen LogP contribution in [0.5, 0.6) is 0 Å². The van der Waals surface area contributed by atoms with Crippen molar-refractivity contribution in [2.75, 3.05) is 31.1 Å². The number of halogens is 2. The Labute approximate surface area is 156 Å². The number of carbonyl (C=O) groups is 1. The lowest BCUT2D eigenvalue weighted by Gasteiger charge is -2.33. The molecule has 0 radical (unpaired) electrons. The smallest absolute Gasteiger partial charge is 0.225 e. The van der Waals surface area contributed by atoms with E-state index < -0.39 is 0 Å². The predicted octanol–water partition coefficient (Wildman–Crippen LogP) is 1.79. The molecule has 2 N–H and O–H groups in total. The van der Waals surface area contributed by atoms with E-state index >= 15 is 0 Å². The molecular formula is C16H27Cl2N5O. The second kappa shape index (κ2) is 10.7. The molecule has 0 aromatic carbocycles. The zero-order valence-electron chi connectivity index (χ0n) is 13.8. The summed E-state index contributed by atoms with van der Waals surface area (Å²) in [4.78, 5) is 23.0. The molecule has 8 heteroatoms. The molecule has 1 atom stereocenters. The minimum absolute atomic E-state index is 0. The largest absolute Gasteiger partial charge is 0.352 e. The molecule has 2 aliphatic heterocycles. The second-order valence-corrected chi connectivity index (χ2v) is 6.30. The summed E-state index contributed by atoms with van der Waals surface area (Å²) >= 11 is 0. The molecule has 0 bridgehead atoms. The van der Waals surface area contributed by atoms with Crippen molar-refractivity contribution in [1.29, 1.82) is 0 Å². The first kappa shape index (κ1) is 20.9. The van der Waals surface area contributed by atoms with E-state index in [1.807, 2.05) is 6.07 Å². The van der Waals surface area contributed by atoms with Crippen LogP contribution in [0.15, 0.2) is 18.5 Å². The maximum Gasteiger partial charge on any atom is 0.225 e. The Balaban J connectivity index is 0.00000144. The quantitative estimate of drug-likeness (QED) is 0.839. The average molecular weight is 376 g/mol. The minimum Gasteiger partial charge on any atom is -0.352 e. The number of piperidine rings is 2. The van der Waals surface area contributed by atoms with E-state index in [-0.39, 0.29) is 36.8 Å². The third-order valence-corrected chi connectivity index (χ3v) is 4.55. The summed E-state index contributed by atoms with van der Waals surface area (Å²) in [5.74, 6) is 1.51. The van der Waals surface area contributed by atoms with Gasteiger partial charge in [0.25, 0.3) is 0 Å². The van der Waals surface area contributed by atoms with Crippen LogP contribution in [-0.2, 0) is 4.79 Å². The third-order valence-electron chi connectivity index (χ3n) is 4.55. The molecule has 1 amide bonds. The van der Waals surface area contributed by atoms with E-state index in [1.165, 1.54) is 0 Å². The van der Waals surface area contributed by atoms with Crippen LogP contribution in [0.2, 0.25) is 0 Å². The Morgan fingerprint density at radius 1 is 1.21 bits per heavy atom. The Hall–Kier alpha value is -1.11. The fourth-order valence-corrected chi connectivity index (χ4v) is 3.37. The van der Waals surface area contributed by atoms with Crippen LogP contribution in [0.3, 0.4) is 0 Å².